The molecule has 0 saturated heterocycles. The molecule has 0 fully saturated rings. The van der Waals surface area contributed by atoms with Crippen LogP contribution in [0.2, 0.25) is 0 Å². The zero-order valence-corrected chi connectivity index (χ0v) is 8.92. The van der Waals surface area contributed by atoms with Crippen molar-refractivity contribution < 1.29 is 20.5 Å². The van der Waals surface area contributed by atoms with Crippen LogP contribution in [0.15, 0.2) is 29.2 Å². The molecule has 0 unspecified atom stereocenters. The zero-order chi connectivity index (χ0) is 10.8. The molecule has 14 heavy (non-hydrogen) atoms. The second kappa shape index (κ2) is 4.07. The van der Waals surface area contributed by atoms with Gasteiger partial charge in [-0.25, -0.2) is 8.42 Å². The van der Waals surface area contributed by atoms with E-state index in [0.29, 0.717) is 0 Å². The average Bonchev–Trinajstić information content (AvgIpc) is 2.02. The van der Waals surface area contributed by atoms with Crippen molar-refractivity contribution in [3.63, 3.8) is 0 Å². The molecule has 0 aliphatic rings. The van der Waals surface area contributed by atoms with E-state index in [1.54, 1.807) is 19.1 Å². The van der Waals surface area contributed by atoms with Gasteiger partial charge in [0.25, 0.3) is 11.0 Å². The molecule has 0 aliphatic heterocycles. The predicted molar refractivity (Wildman–Crippen MR) is 49.8 cm³/mol. The molecule has 1 aromatic rings. The highest BCUT2D eigenvalue weighted by Gasteiger charge is 2.15. The van der Waals surface area contributed by atoms with Crippen LogP contribution >= 0.6 is 0 Å². The molecular formula is C7H8O5S2. The Bertz CT molecular complexity index is 475. The standard InChI is InChI=1S/C7H8O5S2/c1-6-2-4-7(5-3-6)14(10,11)12-13(8)9/h2-5,13H,1H3. The maximum atomic E-state index is 11.1. The fourth-order valence-corrected chi connectivity index (χ4v) is 2.28. The summed E-state index contributed by atoms with van der Waals surface area (Å²) in [7, 11) is -7.58. The van der Waals surface area contributed by atoms with Crippen LogP contribution in [-0.4, -0.2) is 16.8 Å². The smallest absolute Gasteiger partial charge is 0.201 e. The second-order valence-electron chi connectivity index (χ2n) is 2.57. The van der Waals surface area contributed by atoms with Crippen LogP contribution in [0.3, 0.4) is 0 Å². The Morgan fingerprint density at radius 2 is 1.64 bits per heavy atom. The van der Waals surface area contributed by atoms with Crippen LogP contribution in [-0.2, 0) is 24.7 Å². The molecule has 0 aromatic heterocycles. The highest BCUT2D eigenvalue weighted by atomic mass is 32.3. The number of hydrogen-bond donors (Lipinski definition) is 1. The van der Waals surface area contributed by atoms with Crippen LogP contribution in [0.4, 0.5) is 0 Å². The Morgan fingerprint density at radius 1 is 1.14 bits per heavy atom. The lowest BCUT2D eigenvalue weighted by Crippen LogP contribution is -2.04. The summed E-state index contributed by atoms with van der Waals surface area (Å²) >= 11 is 0. The molecule has 0 amide bonds. The third-order valence-corrected chi connectivity index (χ3v) is 3.59. The van der Waals surface area contributed by atoms with Crippen molar-refractivity contribution >= 4 is 21.1 Å². The molecule has 5 nitrogen and oxygen atoms in total. The summed E-state index contributed by atoms with van der Waals surface area (Å²) in [5.41, 5.74) is 0.871. The monoisotopic (exact) mass is 236 g/mol. The number of thiol groups is 1. The van der Waals surface area contributed by atoms with Gasteiger partial charge in [-0.2, -0.15) is 8.42 Å². The fourth-order valence-electron chi connectivity index (χ4n) is 0.828. The van der Waals surface area contributed by atoms with Crippen LogP contribution in [0.5, 0.6) is 0 Å². The molecule has 0 bridgehead atoms. The van der Waals surface area contributed by atoms with Crippen molar-refractivity contribution in [1.29, 1.82) is 0 Å². The van der Waals surface area contributed by atoms with Crippen molar-refractivity contribution in [3.8, 4) is 0 Å². The molecule has 0 saturated carbocycles. The van der Waals surface area contributed by atoms with Crippen molar-refractivity contribution in [2.75, 3.05) is 0 Å². The Balaban J connectivity index is 3.11. The van der Waals surface area contributed by atoms with Crippen LogP contribution in [0.1, 0.15) is 5.56 Å². The molecule has 0 atom stereocenters. The van der Waals surface area contributed by atoms with E-state index >= 15 is 0 Å². The van der Waals surface area contributed by atoms with E-state index in [9.17, 15) is 16.8 Å². The molecule has 0 heterocycles. The molecule has 0 aliphatic carbocycles. The van der Waals surface area contributed by atoms with E-state index in [4.69, 9.17) is 0 Å². The number of rotatable bonds is 3. The van der Waals surface area contributed by atoms with Crippen LogP contribution in [0, 0.1) is 6.92 Å². The summed E-state index contributed by atoms with van der Waals surface area (Å²) in [5.74, 6) is 0. The Kier molecular flexibility index (Phi) is 3.25. The first kappa shape index (κ1) is 11.2. The quantitative estimate of drug-likeness (QED) is 0.760. The Hall–Kier alpha value is -0.920. The summed E-state index contributed by atoms with van der Waals surface area (Å²) in [5, 5.41) is 0. The van der Waals surface area contributed by atoms with E-state index in [2.05, 4.69) is 3.63 Å². The first-order chi connectivity index (χ1) is 6.42. The summed E-state index contributed by atoms with van der Waals surface area (Å²) in [4.78, 5) is -0.178. The highest BCUT2D eigenvalue weighted by Crippen LogP contribution is 2.12. The Morgan fingerprint density at radius 3 is 2.07 bits per heavy atom. The number of aryl methyl sites for hydroxylation is 1. The molecule has 0 spiro atoms. The average molecular weight is 236 g/mol. The summed E-state index contributed by atoms with van der Waals surface area (Å²) in [6.07, 6.45) is 0. The normalized spacial score (nSPS) is 11.9. The topological polar surface area (TPSA) is 77.5 Å². The minimum absolute atomic E-state index is 0.178. The van der Waals surface area contributed by atoms with E-state index in [1.807, 2.05) is 0 Å². The van der Waals surface area contributed by atoms with Gasteiger partial charge in [-0.1, -0.05) is 17.7 Å². The first-order valence-electron chi connectivity index (χ1n) is 3.57. The van der Waals surface area contributed by atoms with Crippen molar-refractivity contribution in [1.82, 2.24) is 0 Å². The van der Waals surface area contributed by atoms with Gasteiger partial charge in [0, 0.05) is 0 Å². The van der Waals surface area contributed by atoms with Gasteiger partial charge in [-0.3, -0.25) is 0 Å². The molecule has 1 rings (SSSR count). The van der Waals surface area contributed by atoms with Crippen molar-refractivity contribution in [2.24, 2.45) is 0 Å². The van der Waals surface area contributed by atoms with Gasteiger partial charge in [-0.15, -0.1) is 3.63 Å². The number of benzene rings is 1. The van der Waals surface area contributed by atoms with Gasteiger partial charge in [-0.05, 0) is 19.1 Å². The fraction of sp³-hybridized carbons (Fsp3) is 0.143. The predicted octanol–water partition coefficient (Wildman–Crippen LogP) is 0.227. The van der Waals surface area contributed by atoms with Gasteiger partial charge in [0.15, 0.2) is 0 Å². The third kappa shape index (κ3) is 2.79. The minimum Gasteiger partial charge on any atom is -0.201 e. The molecule has 0 N–H and O–H groups in total. The van der Waals surface area contributed by atoms with E-state index in [-0.39, 0.29) is 4.90 Å². The second-order valence-corrected chi connectivity index (χ2v) is 4.99. The van der Waals surface area contributed by atoms with E-state index < -0.39 is 21.1 Å². The summed E-state index contributed by atoms with van der Waals surface area (Å²) < 4.78 is 46.3. The van der Waals surface area contributed by atoms with E-state index in [1.165, 1.54) is 12.1 Å². The molecule has 0 radical (unpaired) electrons. The lowest BCUT2D eigenvalue weighted by Gasteiger charge is -1.99. The zero-order valence-electron chi connectivity index (χ0n) is 7.21. The van der Waals surface area contributed by atoms with Crippen LogP contribution in [0.25, 0.3) is 0 Å². The lowest BCUT2D eigenvalue weighted by molar-refractivity contribution is 0.477. The largest absolute Gasteiger partial charge is 0.311 e. The highest BCUT2D eigenvalue weighted by molar-refractivity contribution is 7.93. The lowest BCUT2D eigenvalue weighted by atomic mass is 10.2. The maximum Gasteiger partial charge on any atom is 0.311 e. The molecule has 78 valence electrons. The minimum atomic E-state index is -4.17. The van der Waals surface area contributed by atoms with Crippen molar-refractivity contribution in [3.05, 3.63) is 29.8 Å². The van der Waals surface area contributed by atoms with E-state index in [0.717, 1.165) is 5.56 Å². The van der Waals surface area contributed by atoms with Gasteiger partial charge in [0.05, 0.1) is 4.90 Å². The summed E-state index contributed by atoms with van der Waals surface area (Å²) in [6.45, 7) is 1.78. The van der Waals surface area contributed by atoms with Gasteiger partial charge < -0.3 is 0 Å². The van der Waals surface area contributed by atoms with Crippen molar-refractivity contribution in [2.45, 2.75) is 11.8 Å². The molecular weight excluding hydrogens is 228 g/mol. The third-order valence-electron chi connectivity index (χ3n) is 1.47. The summed E-state index contributed by atoms with van der Waals surface area (Å²) in [6, 6.07) is 5.66. The molecule has 1 aromatic carbocycles. The maximum absolute atomic E-state index is 11.1. The first-order valence-corrected chi connectivity index (χ1v) is 6.08. The van der Waals surface area contributed by atoms with Gasteiger partial charge >= 0.3 is 10.1 Å². The molecule has 7 heteroatoms. The Labute approximate surface area is 83.6 Å². The van der Waals surface area contributed by atoms with Gasteiger partial charge in [0.1, 0.15) is 0 Å². The van der Waals surface area contributed by atoms with Crippen LogP contribution < -0.4 is 0 Å². The SMILES string of the molecule is Cc1ccc(S(=O)(=O)O[SH](=O)=O)cc1. The number of hydrogen-bond acceptors (Lipinski definition) is 5. The van der Waals surface area contributed by atoms with Gasteiger partial charge in [0.2, 0.25) is 0 Å².